The van der Waals surface area contributed by atoms with E-state index >= 15 is 0 Å². The average molecular weight is 473 g/mol. The zero-order valence-corrected chi connectivity index (χ0v) is 16.0. The van der Waals surface area contributed by atoms with E-state index in [0.29, 0.717) is 12.1 Å². The van der Waals surface area contributed by atoms with Crippen molar-refractivity contribution in [1.82, 2.24) is 10.1 Å². The SMILES string of the molecule is O=S(=O)(c1cccc(-c2noc(C(F)(F)Cl)n2)c1)c1ccc(C(F)(F)F)c(Cl)c1. The number of aromatic nitrogens is 2. The quantitative estimate of drug-likeness (QED) is 0.368. The molecule has 154 valence electrons. The lowest BCUT2D eigenvalue weighted by Crippen LogP contribution is -2.08. The normalized spacial score (nSPS) is 12.9. The molecule has 0 aliphatic rings. The number of hydrogen-bond acceptors (Lipinski definition) is 5. The molecule has 13 heteroatoms. The third kappa shape index (κ3) is 4.36. The number of rotatable bonds is 4. The molecule has 0 atom stereocenters. The van der Waals surface area contributed by atoms with Gasteiger partial charge in [0.2, 0.25) is 15.7 Å². The van der Waals surface area contributed by atoms with Crippen molar-refractivity contribution in [3.63, 3.8) is 0 Å². The molecule has 0 unspecified atom stereocenters. The molecular weight excluding hydrogens is 466 g/mol. The summed E-state index contributed by atoms with van der Waals surface area (Å²) in [7, 11) is -4.29. The van der Waals surface area contributed by atoms with Crippen molar-refractivity contribution >= 4 is 33.0 Å². The van der Waals surface area contributed by atoms with Crippen LogP contribution in [-0.2, 0) is 21.4 Å². The van der Waals surface area contributed by atoms with E-state index < -0.39 is 42.8 Å². The predicted octanol–water partition coefficient (Wildman–Crippen LogP) is 5.53. The van der Waals surface area contributed by atoms with Crippen LogP contribution in [0.25, 0.3) is 11.4 Å². The van der Waals surface area contributed by atoms with Gasteiger partial charge in [-0.1, -0.05) is 28.9 Å². The van der Waals surface area contributed by atoms with Crippen molar-refractivity contribution in [2.45, 2.75) is 21.3 Å². The number of alkyl halides is 6. The van der Waals surface area contributed by atoms with Crippen LogP contribution >= 0.6 is 23.2 Å². The lowest BCUT2D eigenvalue weighted by Gasteiger charge is -2.11. The lowest BCUT2D eigenvalue weighted by molar-refractivity contribution is -0.137. The van der Waals surface area contributed by atoms with Crippen LogP contribution in [0.15, 0.2) is 56.8 Å². The molecular formula is C16H7Cl2F5N2O3S. The monoisotopic (exact) mass is 472 g/mol. The van der Waals surface area contributed by atoms with Gasteiger partial charge in [-0.15, -0.1) is 0 Å². The van der Waals surface area contributed by atoms with Crippen LogP contribution in [0.5, 0.6) is 0 Å². The van der Waals surface area contributed by atoms with E-state index in [1.54, 1.807) is 0 Å². The summed E-state index contributed by atoms with van der Waals surface area (Å²) in [6.45, 7) is 0. The average Bonchev–Trinajstić information content (AvgIpc) is 3.11. The molecule has 0 radical (unpaired) electrons. The summed E-state index contributed by atoms with van der Waals surface area (Å²) in [5.74, 6) is -1.54. The minimum atomic E-state index is -4.75. The minimum Gasteiger partial charge on any atom is -0.331 e. The minimum absolute atomic E-state index is 0.000000262. The summed E-state index contributed by atoms with van der Waals surface area (Å²) in [4.78, 5) is 2.56. The van der Waals surface area contributed by atoms with Gasteiger partial charge in [0.1, 0.15) is 0 Å². The second-order valence-corrected chi connectivity index (χ2v) is 8.42. The molecule has 0 saturated heterocycles. The van der Waals surface area contributed by atoms with Crippen molar-refractivity contribution in [1.29, 1.82) is 0 Å². The van der Waals surface area contributed by atoms with E-state index in [2.05, 4.69) is 14.7 Å². The van der Waals surface area contributed by atoms with Gasteiger partial charge in [-0.25, -0.2) is 8.42 Å². The standard InChI is InChI=1S/C16H7Cl2F5N2O3S/c17-12-7-10(4-5-11(12)16(21,22)23)29(26,27)9-3-1-2-8(6-9)13-24-14(28-25-13)15(18,19)20/h1-7H. The summed E-state index contributed by atoms with van der Waals surface area (Å²) >= 11 is 10.4. The molecule has 2 aromatic carbocycles. The number of hydrogen-bond donors (Lipinski definition) is 0. The molecule has 3 rings (SSSR count). The summed E-state index contributed by atoms with van der Waals surface area (Å²) in [5.41, 5.74) is -1.19. The topological polar surface area (TPSA) is 73.1 Å². The Kier molecular flexibility index (Phi) is 5.35. The first-order valence-corrected chi connectivity index (χ1v) is 9.67. The fourth-order valence-electron chi connectivity index (χ4n) is 2.29. The third-order valence-corrected chi connectivity index (χ3v) is 5.85. The van der Waals surface area contributed by atoms with Crippen molar-refractivity contribution in [3.8, 4) is 11.4 Å². The van der Waals surface area contributed by atoms with Crippen LogP contribution in [0, 0.1) is 0 Å². The Morgan fingerprint density at radius 1 is 0.966 bits per heavy atom. The number of sulfone groups is 1. The maximum atomic E-state index is 13.0. The van der Waals surface area contributed by atoms with Gasteiger partial charge in [-0.2, -0.15) is 26.9 Å². The van der Waals surface area contributed by atoms with Gasteiger partial charge in [0.15, 0.2) is 0 Å². The molecule has 29 heavy (non-hydrogen) atoms. The van der Waals surface area contributed by atoms with Crippen LogP contribution in [-0.4, -0.2) is 18.6 Å². The van der Waals surface area contributed by atoms with Crippen LogP contribution < -0.4 is 0 Å². The first kappa shape index (κ1) is 21.5. The highest BCUT2D eigenvalue weighted by atomic mass is 35.5. The fraction of sp³-hybridized carbons (Fsp3) is 0.125. The van der Waals surface area contributed by atoms with Crippen LogP contribution in [0.4, 0.5) is 22.0 Å². The van der Waals surface area contributed by atoms with E-state index in [0.717, 1.165) is 18.2 Å². The van der Waals surface area contributed by atoms with Crippen molar-refractivity contribution in [3.05, 3.63) is 58.9 Å². The second-order valence-electron chi connectivity index (χ2n) is 5.59. The predicted molar refractivity (Wildman–Crippen MR) is 91.4 cm³/mol. The molecule has 1 heterocycles. The first-order valence-electron chi connectivity index (χ1n) is 7.43. The molecule has 0 aliphatic carbocycles. The molecule has 0 amide bonds. The molecule has 1 aromatic heterocycles. The molecule has 5 nitrogen and oxygen atoms in total. The van der Waals surface area contributed by atoms with Crippen LogP contribution in [0.2, 0.25) is 5.02 Å². The molecule has 0 spiro atoms. The Bertz CT molecular complexity index is 1170. The zero-order valence-electron chi connectivity index (χ0n) is 13.7. The Morgan fingerprint density at radius 3 is 2.17 bits per heavy atom. The van der Waals surface area contributed by atoms with E-state index in [-0.39, 0.29) is 16.3 Å². The maximum Gasteiger partial charge on any atom is 0.417 e. The maximum absolute atomic E-state index is 13.0. The van der Waals surface area contributed by atoms with Crippen molar-refractivity contribution in [2.75, 3.05) is 0 Å². The molecule has 3 aromatic rings. The van der Waals surface area contributed by atoms with Crippen LogP contribution in [0.3, 0.4) is 0 Å². The second kappa shape index (κ2) is 7.22. The van der Waals surface area contributed by atoms with E-state index in [9.17, 15) is 30.4 Å². The highest BCUT2D eigenvalue weighted by Crippen LogP contribution is 2.37. The van der Waals surface area contributed by atoms with Gasteiger partial charge >= 0.3 is 17.4 Å². The molecule has 0 aliphatic heterocycles. The largest absolute Gasteiger partial charge is 0.417 e. The Labute approximate surface area is 170 Å². The first-order chi connectivity index (χ1) is 13.3. The van der Waals surface area contributed by atoms with Gasteiger partial charge in [-0.3, -0.25) is 0 Å². The Balaban J connectivity index is 2.02. The summed E-state index contributed by atoms with van der Waals surface area (Å²) in [6, 6.07) is 6.77. The van der Waals surface area contributed by atoms with E-state index in [1.165, 1.54) is 12.1 Å². The van der Waals surface area contributed by atoms with Gasteiger partial charge in [0.05, 0.1) is 20.4 Å². The van der Waals surface area contributed by atoms with Gasteiger partial charge in [-0.05, 0) is 41.9 Å². The Morgan fingerprint density at radius 2 is 1.62 bits per heavy atom. The zero-order chi connectivity index (χ0) is 21.6. The third-order valence-electron chi connectivity index (χ3n) is 3.63. The summed E-state index contributed by atoms with van der Waals surface area (Å²) in [6.07, 6.45) is -4.75. The smallest absolute Gasteiger partial charge is 0.331 e. The summed E-state index contributed by atoms with van der Waals surface area (Å²) < 4.78 is 94.3. The highest BCUT2D eigenvalue weighted by Gasteiger charge is 2.36. The van der Waals surface area contributed by atoms with Crippen LogP contribution in [0.1, 0.15) is 11.5 Å². The van der Waals surface area contributed by atoms with Gasteiger partial charge in [0.25, 0.3) is 0 Å². The number of halogens is 7. The number of benzene rings is 2. The lowest BCUT2D eigenvalue weighted by atomic mass is 10.2. The van der Waals surface area contributed by atoms with Crippen molar-refractivity contribution < 1.29 is 34.9 Å². The molecule has 0 bridgehead atoms. The fourth-order valence-corrected chi connectivity index (χ4v) is 4.05. The van der Waals surface area contributed by atoms with Gasteiger partial charge in [0, 0.05) is 5.56 Å². The molecule has 0 fully saturated rings. The Hall–Kier alpha value is -2.24. The highest BCUT2D eigenvalue weighted by molar-refractivity contribution is 7.91. The molecule has 0 saturated carbocycles. The van der Waals surface area contributed by atoms with E-state index in [1.807, 2.05) is 0 Å². The summed E-state index contributed by atoms with van der Waals surface area (Å²) in [5, 5.41) is -1.39. The van der Waals surface area contributed by atoms with Crippen molar-refractivity contribution in [2.24, 2.45) is 0 Å². The molecule has 0 N–H and O–H groups in total. The van der Waals surface area contributed by atoms with Gasteiger partial charge < -0.3 is 4.52 Å². The number of nitrogens with zero attached hydrogens (tertiary/aromatic N) is 2. The van der Waals surface area contributed by atoms with E-state index in [4.69, 9.17) is 23.2 Å².